The molecule has 1 atom stereocenters. The molecule has 0 saturated carbocycles. The number of fused-ring (bicyclic) bond motifs is 1. The summed E-state index contributed by atoms with van der Waals surface area (Å²) in [6.45, 7) is 1.82. The van der Waals surface area contributed by atoms with E-state index in [9.17, 15) is 9.59 Å². The summed E-state index contributed by atoms with van der Waals surface area (Å²) in [5.41, 5.74) is 3.71. The molecule has 2 N–H and O–H groups in total. The van der Waals surface area contributed by atoms with Crippen LogP contribution < -0.4 is 15.4 Å². The maximum atomic E-state index is 13.8. The molecule has 0 aliphatic carbocycles. The summed E-state index contributed by atoms with van der Waals surface area (Å²) < 4.78 is 11.9. The number of hydrogen-bond donors (Lipinski definition) is 2. The third-order valence-electron chi connectivity index (χ3n) is 6.40. The first kappa shape index (κ1) is 27.3. The van der Waals surface area contributed by atoms with Crippen LogP contribution in [0.5, 0.6) is 5.75 Å². The number of ether oxygens (including phenoxy) is 2. The molecule has 5 rings (SSSR count). The second-order valence-electron chi connectivity index (χ2n) is 8.88. The number of anilines is 2. The molecule has 11 heteroatoms. The number of esters is 1. The average Bonchev–Trinajstić information content (AvgIpc) is 3.38. The quantitative estimate of drug-likeness (QED) is 0.196. The number of aromatic nitrogens is 3. The van der Waals surface area contributed by atoms with Gasteiger partial charge in [-0.05, 0) is 48.4 Å². The molecule has 0 radical (unpaired) electrons. The Bertz CT molecular complexity index is 1600. The van der Waals surface area contributed by atoms with Gasteiger partial charge in [-0.15, -0.1) is 5.10 Å². The van der Waals surface area contributed by atoms with E-state index in [1.165, 1.54) is 18.9 Å². The van der Waals surface area contributed by atoms with Crippen LogP contribution in [-0.4, -0.2) is 40.9 Å². The van der Waals surface area contributed by atoms with Crippen LogP contribution in [0.3, 0.4) is 0 Å². The summed E-state index contributed by atoms with van der Waals surface area (Å²) in [4.78, 5) is 30.5. The standard InChI is InChI=1S/C29H26ClN5O4S/c1-17-24(26(36)32-22-10-6-7-11-23(22)38-2)25(18-12-14-19(15-13-18)27(37)39-3)35-28(31-17)33-29(34-35)40-16-20-8-4-5-9-21(20)30/h4-15,25H,16H2,1-3H3,(H,32,36)(H,31,33,34). The van der Waals surface area contributed by atoms with Crippen molar-refractivity contribution in [2.75, 3.05) is 24.9 Å². The maximum absolute atomic E-state index is 13.8. The zero-order valence-electron chi connectivity index (χ0n) is 22.0. The first-order valence-electron chi connectivity index (χ1n) is 12.3. The lowest BCUT2D eigenvalue weighted by Crippen LogP contribution is -2.31. The molecular weight excluding hydrogens is 550 g/mol. The van der Waals surface area contributed by atoms with Gasteiger partial charge >= 0.3 is 5.97 Å². The number of thioether (sulfide) groups is 1. The van der Waals surface area contributed by atoms with E-state index in [0.29, 0.717) is 50.2 Å². The van der Waals surface area contributed by atoms with E-state index in [1.54, 1.807) is 48.2 Å². The van der Waals surface area contributed by atoms with Crippen LogP contribution in [0.15, 0.2) is 89.2 Å². The number of carbonyl (C=O) groups excluding carboxylic acids is 2. The molecule has 0 spiro atoms. The minimum Gasteiger partial charge on any atom is -0.495 e. The molecule has 0 fully saturated rings. The van der Waals surface area contributed by atoms with E-state index in [-0.39, 0.29) is 5.91 Å². The van der Waals surface area contributed by atoms with Gasteiger partial charge in [0.1, 0.15) is 11.8 Å². The van der Waals surface area contributed by atoms with Crippen molar-refractivity contribution in [3.05, 3.63) is 106 Å². The van der Waals surface area contributed by atoms with Crippen LogP contribution in [-0.2, 0) is 15.3 Å². The SMILES string of the molecule is COC(=O)c1ccc(C2C(C(=O)Nc3ccccc3OC)=C(C)Nc3nc(SCc4ccccc4Cl)nn32)cc1. The zero-order valence-corrected chi connectivity index (χ0v) is 23.5. The number of amides is 1. The lowest BCUT2D eigenvalue weighted by atomic mass is 9.94. The molecule has 0 bridgehead atoms. The van der Waals surface area contributed by atoms with Gasteiger partial charge in [-0.25, -0.2) is 9.48 Å². The number of carbonyl (C=O) groups is 2. The third-order valence-corrected chi connectivity index (χ3v) is 7.65. The number of methoxy groups -OCH3 is 2. The van der Waals surface area contributed by atoms with Crippen molar-refractivity contribution in [3.63, 3.8) is 0 Å². The lowest BCUT2D eigenvalue weighted by molar-refractivity contribution is -0.113. The fraction of sp³-hybridized carbons (Fsp3) is 0.172. The summed E-state index contributed by atoms with van der Waals surface area (Å²) in [5.74, 6) is 0.835. The highest BCUT2D eigenvalue weighted by Gasteiger charge is 2.35. The molecule has 40 heavy (non-hydrogen) atoms. The normalized spacial score (nSPS) is 14.2. The fourth-order valence-electron chi connectivity index (χ4n) is 4.41. The molecule has 1 aliphatic heterocycles. The molecule has 2 heterocycles. The van der Waals surface area contributed by atoms with Crippen molar-refractivity contribution in [1.82, 2.24) is 14.8 Å². The number of benzene rings is 3. The smallest absolute Gasteiger partial charge is 0.337 e. The second kappa shape index (κ2) is 11.8. The summed E-state index contributed by atoms with van der Waals surface area (Å²) in [6, 6.07) is 21.1. The number of halogens is 1. The molecule has 1 aromatic heterocycles. The van der Waals surface area contributed by atoms with E-state index in [0.717, 1.165) is 11.1 Å². The highest BCUT2D eigenvalue weighted by Crippen LogP contribution is 2.38. The van der Waals surface area contributed by atoms with E-state index in [2.05, 4.69) is 15.6 Å². The molecule has 4 aromatic rings. The maximum Gasteiger partial charge on any atom is 0.337 e. The Labute approximate surface area is 240 Å². The molecule has 1 unspecified atom stereocenters. The predicted molar refractivity (Wildman–Crippen MR) is 155 cm³/mol. The number of nitrogens with one attached hydrogen (secondary N) is 2. The van der Waals surface area contributed by atoms with Crippen LogP contribution in [0.4, 0.5) is 11.6 Å². The first-order valence-corrected chi connectivity index (χ1v) is 13.7. The van der Waals surface area contributed by atoms with Gasteiger partial charge in [0.15, 0.2) is 0 Å². The molecule has 9 nitrogen and oxygen atoms in total. The van der Waals surface area contributed by atoms with Crippen LogP contribution in [0.25, 0.3) is 0 Å². The van der Waals surface area contributed by atoms with Crippen molar-refractivity contribution in [2.45, 2.75) is 23.9 Å². The Morgan fingerprint density at radius 1 is 1.05 bits per heavy atom. The highest BCUT2D eigenvalue weighted by atomic mass is 35.5. The average molecular weight is 576 g/mol. The van der Waals surface area contributed by atoms with Gasteiger partial charge in [0, 0.05) is 16.5 Å². The number of rotatable bonds is 8. The van der Waals surface area contributed by atoms with Crippen molar-refractivity contribution in [2.24, 2.45) is 0 Å². The zero-order chi connectivity index (χ0) is 28.2. The van der Waals surface area contributed by atoms with Crippen LogP contribution in [0.1, 0.15) is 34.5 Å². The number of hydrogen-bond acceptors (Lipinski definition) is 8. The molecular formula is C29H26ClN5O4S. The van der Waals surface area contributed by atoms with E-state index >= 15 is 0 Å². The first-order chi connectivity index (χ1) is 19.4. The number of nitrogens with zero attached hydrogens (tertiary/aromatic N) is 3. The van der Waals surface area contributed by atoms with Gasteiger partial charge in [0.05, 0.1) is 31.0 Å². The lowest BCUT2D eigenvalue weighted by Gasteiger charge is -2.29. The summed E-state index contributed by atoms with van der Waals surface area (Å²) in [7, 11) is 2.88. The van der Waals surface area contributed by atoms with Crippen molar-refractivity contribution in [1.29, 1.82) is 0 Å². The highest BCUT2D eigenvalue weighted by molar-refractivity contribution is 7.98. The summed E-state index contributed by atoms with van der Waals surface area (Å²) >= 11 is 7.78. The Kier molecular flexibility index (Phi) is 8.09. The largest absolute Gasteiger partial charge is 0.495 e. The van der Waals surface area contributed by atoms with Gasteiger partial charge in [-0.3, -0.25) is 4.79 Å². The van der Waals surface area contributed by atoms with E-state index < -0.39 is 12.0 Å². The molecule has 204 valence electrons. The van der Waals surface area contributed by atoms with Crippen LogP contribution >= 0.6 is 23.4 Å². The van der Waals surface area contributed by atoms with Crippen molar-refractivity contribution >= 4 is 46.9 Å². The van der Waals surface area contributed by atoms with Crippen LogP contribution in [0, 0.1) is 0 Å². The Morgan fingerprint density at radius 3 is 2.50 bits per heavy atom. The minimum absolute atomic E-state index is 0.331. The molecule has 1 amide bonds. The van der Waals surface area contributed by atoms with E-state index in [4.69, 9.17) is 26.2 Å². The van der Waals surface area contributed by atoms with Crippen molar-refractivity contribution in [3.8, 4) is 5.75 Å². The van der Waals surface area contributed by atoms with Gasteiger partial charge in [0.25, 0.3) is 5.91 Å². The van der Waals surface area contributed by atoms with Gasteiger partial charge in [0.2, 0.25) is 11.1 Å². The van der Waals surface area contributed by atoms with Gasteiger partial charge < -0.3 is 20.1 Å². The molecule has 0 saturated heterocycles. The summed E-state index contributed by atoms with van der Waals surface area (Å²) in [5, 5.41) is 12.2. The van der Waals surface area contributed by atoms with Crippen molar-refractivity contribution < 1.29 is 19.1 Å². The number of allylic oxidation sites excluding steroid dienone is 1. The topological polar surface area (TPSA) is 107 Å². The third kappa shape index (κ3) is 5.54. The Balaban J connectivity index is 1.52. The minimum atomic E-state index is -0.625. The van der Waals surface area contributed by atoms with Gasteiger partial charge in [-0.2, -0.15) is 4.98 Å². The number of para-hydroxylation sites is 2. The Morgan fingerprint density at radius 2 is 1.77 bits per heavy atom. The van der Waals surface area contributed by atoms with E-state index in [1.807, 2.05) is 43.3 Å². The summed E-state index contributed by atoms with van der Waals surface area (Å²) in [6.07, 6.45) is 0. The Hall–Kier alpha value is -4.28. The van der Waals surface area contributed by atoms with Crippen LogP contribution in [0.2, 0.25) is 5.02 Å². The molecule has 1 aliphatic rings. The fourth-order valence-corrected chi connectivity index (χ4v) is 5.52. The monoisotopic (exact) mass is 575 g/mol. The molecule has 3 aromatic carbocycles. The predicted octanol–water partition coefficient (Wildman–Crippen LogP) is 5.95. The van der Waals surface area contributed by atoms with Gasteiger partial charge in [-0.1, -0.05) is 65.8 Å². The second-order valence-corrected chi connectivity index (χ2v) is 10.2.